The first-order chi connectivity index (χ1) is 9.34. The van der Waals surface area contributed by atoms with Crippen molar-refractivity contribution in [3.63, 3.8) is 0 Å². The molecule has 0 radical (unpaired) electrons. The lowest BCUT2D eigenvalue weighted by Gasteiger charge is -2.33. The maximum atomic E-state index is 12.2. The molecule has 1 amide bonds. The van der Waals surface area contributed by atoms with Crippen LogP contribution >= 0.6 is 0 Å². The maximum absolute atomic E-state index is 12.2. The predicted molar refractivity (Wildman–Crippen MR) is 77.0 cm³/mol. The van der Waals surface area contributed by atoms with E-state index in [1.54, 1.807) is 12.0 Å². The molecule has 0 spiro atoms. The quantitative estimate of drug-likeness (QED) is 0.568. The number of ether oxygens (including phenoxy) is 1. The van der Waals surface area contributed by atoms with Crippen LogP contribution in [-0.2, 0) is 19.6 Å². The third-order valence-corrected chi connectivity index (χ3v) is 4.64. The summed E-state index contributed by atoms with van der Waals surface area (Å²) in [5, 5.41) is 0. The van der Waals surface area contributed by atoms with E-state index in [0.717, 1.165) is 19.3 Å². The molecule has 8 heteroatoms. The fourth-order valence-corrected chi connectivity index (χ4v) is 2.86. The number of carbonyl (C=O) groups is 1. The monoisotopic (exact) mass is 307 g/mol. The van der Waals surface area contributed by atoms with E-state index < -0.39 is 10.0 Å². The Morgan fingerprint density at radius 2 is 1.85 bits per heavy atom. The van der Waals surface area contributed by atoms with Crippen molar-refractivity contribution >= 4 is 15.9 Å². The highest BCUT2D eigenvalue weighted by Crippen LogP contribution is 2.05. The number of methoxy groups -OCH3 is 1. The molecule has 1 saturated heterocycles. The zero-order valence-electron chi connectivity index (χ0n) is 12.5. The fourth-order valence-electron chi connectivity index (χ4n) is 2.05. The van der Waals surface area contributed by atoms with Crippen molar-refractivity contribution in [2.45, 2.75) is 6.42 Å². The van der Waals surface area contributed by atoms with Crippen LogP contribution in [0.2, 0.25) is 0 Å². The number of rotatable bonds is 7. The summed E-state index contributed by atoms with van der Waals surface area (Å²) in [6, 6.07) is 0. The van der Waals surface area contributed by atoms with Gasteiger partial charge in [0.1, 0.15) is 0 Å². The minimum Gasteiger partial charge on any atom is -0.385 e. The molecule has 1 fully saturated rings. The minimum absolute atomic E-state index is 0.0771. The summed E-state index contributed by atoms with van der Waals surface area (Å²) in [5.74, 6) is -0.124. The molecule has 0 unspecified atom stereocenters. The minimum atomic E-state index is -3.37. The van der Waals surface area contributed by atoms with Gasteiger partial charge in [-0.05, 0) is 13.5 Å². The van der Waals surface area contributed by atoms with Crippen molar-refractivity contribution in [2.75, 3.05) is 66.3 Å². The van der Waals surface area contributed by atoms with Crippen LogP contribution in [0, 0.1) is 0 Å². The van der Waals surface area contributed by atoms with Gasteiger partial charge in [0.05, 0.1) is 12.8 Å². The molecule has 7 nitrogen and oxygen atoms in total. The van der Waals surface area contributed by atoms with Gasteiger partial charge in [-0.25, -0.2) is 8.42 Å². The molecule has 0 aromatic rings. The molecule has 0 saturated carbocycles. The topological polar surface area (TPSA) is 70.2 Å². The average molecular weight is 307 g/mol. The van der Waals surface area contributed by atoms with E-state index in [1.807, 2.05) is 7.05 Å². The van der Waals surface area contributed by atoms with E-state index in [-0.39, 0.29) is 12.5 Å². The van der Waals surface area contributed by atoms with Crippen LogP contribution in [0.5, 0.6) is 0 Å². The summed E-state index contributed by atoms with van der Waals surface area (Å²) in [4.78, 5) is 16.0. The molecule has 0 N–H and O–H groups in total. The van der Waals surface area contributed by atoms with E-state index in [4.69, 9.17) is 4.74 Å². The van der Waals surface area contributed by atoms with Gasteiger partial charge in [0, 0.05) is 46.4 Å². The lowest BCUT2D eigenvalue weighted by Crippen LogP contribution is -2.50. The Bertz CT molecular complexity index is 405. The number of hydrogen-bond donors (Lipinski definition) is 0. The van der Waals surface area contributed by atoms with Crippen molar-refractivity contribution in [1.82, 2.24) is 14.1 Å². The Kier molecular flexibility index (Phi) is 6.87. The number of amides is 1. The molecule has 1 heterocycles. The number of nitrogens with zero attached hydrogens (tertiary/aromatic N) is 3. The van der Waals surface area contributed by atoms with Gasteiger partial charge < -0.3 is 14.5 Å². The molecule has 1 rings (SSSR count). The highest BCUT2D eigenvalue weighted by atomic mass is 32.2. The van der Waals surface area contributed by atoms with E-state index in [1.165, 1.54) is 4.31 Å². The van der Waals surface area contributed by atoms with Crippen molar-refractivity contribution in [3.8, 4) is 0 Å². The van der Waals surface area contributed by atoms with Crippen LogP contribution in [-0.4, -0.2) is 94.7 Å². The summed E-state index contributed by atoms with van der Waals surface area (Å²) in [6.07, 6.45) is 1.72. The molecule has 0 atom stereocenters. The SMILES string of the molecule is COCCCN(CC(=O)N1CCN(C)CC1)S(C)(=O)=O. The molecule has 0 bridgehead atoms. The van der Waals surface area contributed by atoms with E-state index in [9.17, 15) is 13.2 Å². The van der Waals surface area contributed by atoms with Crippen molar-refractivity contribution in [1.29, 1.82) is 0 Å². The van der Waals surface area contributed by atoms with Crippen molar-refractivity contribution < 1.29 is 17.9 Å². The van der Waals surface area contributed by atoms with Gasteiger partial charge in [0.2, 0.25) is 15.9 Å². The second-order valence-corrected chi connectivity index (χ2v) is 7.11. The number of likely N-dealkylation sites (N-methyl/N-ethyl adjacent to an activating group) is 1. The van der Waals surface area contributed by atoms with Crippen LogP contribution in [0.15, 0.2) is 0 Å². The zero-order valence-corrected chi connectivity index (χ0v) is 13.4. The molecule has 0 aromatic heterocycles. The van der Waals surface area contributed by atoms with Crippen LogP contribution in [0.25, 0.3) is 0 Å². The number of piperazine rings is 1. The van der Waals surface area contributed by atoms with Gasteiger partial charge in [0.25, 0.3) is 0 Å². The largest absolute Gasteiger partial charge is 0.385 e. The van der Waals surface area contributed by atoms with Crippen molar-refractivity contribution in [3.05, 3.63) is 0 Å². The zero-order chi connectivity index (χ0) is 15.2. The van der Waals surface area contributed by atoms with E-state index >= 15 is 0 Å². The van der Waals surface area contributed by atoms with Gasteiger partial charge in [-0.2, -0.15) is 4.31 Å². The van der Waals surface area contributed by atoms with Gasteiger partial charge >= 0.3 is 0 Å². The van der Waals surface area contributed by atoms with Crippen LogP contribution in [0.1, 0.15) is 6.42 Å². The lowest BCUT2D eigenvalue weighted by molar-refractivity contribution is -0.133. The molecular weight excluding hydrogens is 282 g/mol. The third-order valence-electron chi connectivity index (χ3n) is 3.39. The smallest absolute Gasteiger partial charge is 0.237 e. The Morgan fingerprint density at radius 1 is 1.25 bits per heavy atom. The average Bonchev–Trinajstić information content (AvgIpc) is 2.37. The molecule has 1 aliphatic heterocycles. The Morgan fingerprint density at radius 3 is 2.35 bits per heavy atom. The Labute approximate surface area is 121 Å². The number of sulfonamides is 1. The molecular formula is C12H25N3O4S. The van der Waals surface area contributed by atoms with Crippen LogP contribution in [0.4, 0.5) is 0 Å². The molecule has 0 aromatic carbocycles. The van der Waals surface area contributed by atoms with E-state index in [2.05, 4.69) is 4.90 Å². The van der Waals surface area contributed by atoms with Gasteiger partial charge in [-0.15, -0.1) is 0 Å². The summed E-state index contributed by atoms with van der Waals surface area (Å²) >= 11 is 0. The Hall–Kier alpha value is -0.700. The van der Waals surface area contributed by atoms with Crippen LogP contribution in [0.3, 0.4) is 0 Å². The molecule has 20 heavy (non-hydrogen) atoms. The normalized spacial score (nSPS) is 17.7. The highest BCUT2D eigenvalue weighted by molar-refractivity contribution is 7.88. The summed E-state index contributed by atoms with van der Waals surface area (Å²) < 4.78 is 29.5. The van der Waals surface area contributed by atoms with Gasteiger partial charge in [-0.3, -0.25) is 4.79 Å². The van der Waals surface area contributed by atoms with Gasteiger partial charge in [-0.1, -0.05) is 0 Å². The number of hydrogen-bond acceptors (Lipinski definition) is 5. The second kappa shape index (κ2) is 7.92. The summed E-state index contributed by atoms with van der Waals surface area (Å²) in [7, 11) is 0.209. The van der Waals surface area contributed by atoms with Crippen molar-refractivity contribution in [2.24, 2.45) is 0 Å². The fraction of sp³-hybridized carbons (Fsp3) is 0.917. The molecule has 1 aliphatic rings. The first kappa shape index (κ1) is 17.4. The summed E-state index contributed by atoms with van der Waals surface area (Å²) in [6.45, 7) is 3.69. The third kappa shape index (κ3) is 5.74. The predicted octanol–water partition coefficient (Wildman–Crippen LogP) is -0.941. The number of carbonyl (C=O) groups excluding carboxylic acids is 1. The molecule has 0 aliphatic carbocycles. The summed E-state index contributed by atoms with van der Waals surface area (Å²) in [5.41, 5.74) is 0. The standard InChI is InChI=1S/C12H25N3O4S/c1-13-6-8-14(9-7-13)12(16)11-15(20(3,17)18)5-4-10-19-2/h4-11H2,1-3H3. The first-order valence-corrected chi connectivity index (χ1v) is 8.60. The highest BCUT2D eigenvalue weighted by Gasteiger charge is 2.24. The van der Waals surface area contributed by atoms with Crippen LogP contribution < -0.4 is 0 Å². The second-order valence-electron chi connectivity index (χ2n) is 5.13. The Balaban J connectivity index is 2.53. The maximum Gasteiger partial charge on any atom is 0.237 e. The first-order valence-electron chi connectivity index (χ1n) is 6.75. The lowest BCUT2D eigenvalue weighted by atomic mass is 10.3. The van der Waals surface area contributed by atoms with Gasteiger partial charge in [0.15, 0.2) is 0 Å². The molecule has 118 valence electrons. The van der Waals surface area contributed by atoms with E-state index in [0.29, 0.717) is 32.7 Å².